The Morgan fingerprint density at radius 1 is 1.23 bits per heavy atom. The van der Waals surface area contributed by atoms with Crippen molar-refractivity contribution >= 4 is 23.0 Å². The summed E-state index contributed by atoms with van der Waals surface area (Å²) < 4.78 is 13.9. The second-order valence-corrected chi connectivity index (χ2v) is 7.84. The number of rotatable bonds is 5. The summed E-state index contributed by atoms with van der Waals surface area (Å²) in [6.07, 6.45) is 1.90. The molecule has 1 amide bonds. The van der Waals surface area contributed by atoms with Crippen molar-refractivity contribution in [1.82, 2.24) is 9.80 Å². The van der Waals surface area contributed by atoms with E-state index >= 15 is 0 Å². The summed E-state index contributed by atoms with van der Waals surface area (Å²) in [5.41, 5.74) is 0.687. The van der Waals surface area contributed by atoms with Gasteiger partial charge in [0, 0.05) is 31.7 Å². The summed E-state index contributed by atoms with van der Waals surface area (Å²) >= 11 is 1.24. The van der Waals surface area contributed by atoms with Crippen molar-refractivity contribution < 1.29 is 14.0 Å². The van der Waals surface area contributed by atoms with Crippen molar-refractivity contribution in [2.24, 2.45) is 0 Å². The number of piperidine rings is 1. The van der Waals surface area contributed by atoms with Gasteiger partial charge in [0.25, 0.3) is 5.91 Å². The molecule has 0 N–H and O–H groups in total. The zero-order valence-electron chi connectivity index (χ0n) is 15.1. The molecule has 1 atom stereocenters. The Morgan fingerprint density at radius 2 is 1.96 bits per heavy atom. The highest BCUT2D eigenvalue weighted by atomic mass is 32.1. The van der Waals surface area contributed by atoms with Crippen LogP contribution < -0.4 is 0 Å². The number of likely N-dealkylation sites (N-methyl/N-ethyl adjacent to an activating group) is 1. The molecule has 0 aliphatic carbocycles. The molecular weight excluding hydrogens is 351 g/mol. The molecule has 0 spiro atoms. The van der Waals surface area contributed by atoms with E-state index in [1.54, 1.807) is 23.1 Å². The van der Waals surface area contributed by atoms with Crippen LogP contribution in [0.3, 0.4) is 0 Å². The maximum atomic E-state index is 13.9. The molecule has 1 aromatic heterocycles. The number of carbonyl (C=O) groups is 2. The topological polar surface area (TPSA) is 40.6 Å². The molecule has 4 nitrogen and oxygen atoms in total. The fourth-order valence-electron chi connectivity index (χ4n) is 3.34. The number of hydrogen-bond donors (Lipinski definition) is 0. The van der Waals surface area contributed by atoms with Crippen LogP contribution in [-0.2, 0) is 6.54 Å². The zero-order chi connectivity index (χ0) is 18.7. The number of amides is 1. The first-order valence-corrected chi connectivity index (χ1v) is 9.61. The van der Waals surface area contributed by atoms with Gasteiger partial charge in [0.05, 0.1) is 9.75 Å². The number of hydrogen-bond acceptors (Lipinski definition) is 4. The Bertz CT molecular complexity index is 805. The Morgan fingerprint density at radius 3 is 2.65 bits per heavy atom. The van der Waals surface area contributed by atoms with Crippen LogP contribution in [0.25, 0.3) is 0 Å². The number of thiophene rings is 1. The SMILES string of the molecule is CC(=O)c1ccc(C(=O)N(C)[C@@H]2CCCN(Cc3ccccc3F)C2)s1. The summed E-state index contributed by atoms with van der Waals surface area (Å²) in [7, 11) is 1.81. The highest BCUT2D eigenvalue weighted by Gasteiger charge is 2.27. The van der Waals surface area contributed by atoms with Gasteiger partial charge in [0.15, 0.2) is 5.78 Å². The van der Waals surface area contributed by atoms with Crippen LogP contribution in [0.4, 0.5) is 4.39 Å². The van der Waals surface area contributed by atoms with Gasteiger partial charge in [-0.1, -0.05) is 18.2 Å². The van der Waals surface area contributed by atoms with Gasteiger partial charge in [-0.15, -0.1) is 11.3 Å². The molecule has 0 radical (unpaired) electrons. The van der Waals surface area contributed by atoms with Gasteiger partial charge in [0.1, 0.15) is 5.82 Å². The molecule has 0 saturated carbocycles. The molecule has 3 rings (SSSR count). The lowest BCUT2D eigenvalue weighted by molar-refractivity contribution is 0.0612. The smallest absolute Gasteiger partial charge is 0.263 e. The molecule has 0 unspecified atom stereocenters. The number of Topliss-reactive ketones (excluding diaryl/α,β-unsaturated/α-hetero) is 1. The molecule has 2 heterocycles. The lowest BCUT2D eigenvalue weighted by Gasteiger charge is -2.37. The number of ketones is 1. The van der Waals surface area contributed by atoms with Crippen LogP contribution in [0.1, 0.15) is 44.7 Å². The van der Waals surface area contributed by atoms with E-state index in [-0.39, 0.29) is 23.5 Å². The molecule has 1 aliphatic heterocycles. The molecule has 1 saturated heterocycles. The van der Waals surface area contributed by atoms with E-state index in [9.17, 15) is 14.0 Å². The highest BCUT2D eigenvalue weighted by molar-refractivity contribution is 7.15. The van der Waals surface area contributed by atoms with Crippen molar-refractivity contribution in [2.75, 3.05) is 20.1 Å². The van der Waals surface area contributed by atoms with Crippen molar-refractivity contribution in [1.29, 1.82) is 0 Å². The number of carbonyl (C=O) groups excluding carboxylic acids is 2. The summed E-state index contributed by atoms with van der Waals surface area (Å²) in [6.45, 7) is 3.69. The van der Waals surface area contributed by atoms with E-state index in [0.29, 0.717) is 21.9 Å². The average molecular weight is 374 g/mol. The zero-order valence-corrected chi connectivity index (χ0v) is 15.9. The van der Waals surface area contributed by atoms with E-state index in [1.807, 2.05) is 19.2 Å². The fourth-order valence-corrected chi connectivity index (χ4v) is 4.22. The maximum absolute atomic E-state index is 13.9. The van der Waals surface area contributed by atoms with Gasteiger partial charge >= 0.3 is 0 Å². The van der Waals surface area contributed by atoms with Crippen LogP contribution >= 0.6 is 11.3 Å². The molecular formula is C20H23FN2O2S. The van der Waals surface area contributed by atoms with Crippen LogP contribution in [0.5, 0.6) is 0 Å². The van der Waals surface area contributed by atoms with E-state index in [1.165, 1.54) is 24.3 Å². The molecule has 6 heteroatoms. The first-order chi connectivity index (χ1) is 12.5. The van der Waals surface area contributed by atoms with E-state index in [4.69, 9.17) is 0 Å². The Balaban J connectivity index is 1.65. The van der Waals surface area contributed by atoms with Crippen molar-refractivity contribution in [2.45, 2.75) is 32.4 Å². The third kappa shape index (κ3) is 4.19. The number of halogens is 1. The van der Waals surface area contributed by atoms with Crippen LogP contribution in [-0.4, -0.2) is 47.7 Å². The first-order valence-electron chi connectivity index (χ1n) is 8.79. The summed E-state index contributed by atoms with van der Waals surface area (Å²) in [5.74, 6) is -0.264. The van der Waals surface area contributed by atoms with Gasteiger partial charge in [-0.2, -0.15) is 0 Å². The highest BCUT2D eigenvalue weighted by Crippen LogP contribution is 2.23. The minimum atomic E-state index is -0.186. The van der Waals surface area contributed by atoms with Gasteiger partial charge in [-0.3, -0.25) is 14.5 Å². The molecule has 138 valence electrons. The van der Waals surface area contributed by atoms with Gasteiger partial charge in [0.2, 0.25) is 0 Å². The van der Waals surface area contributed by atoms with E-state index in [0.717, 1.165) is 25.9 Å². The Labute approximate surface area is 157 Å². The predicted molar refractivity (Wildman–Crippen MR) is 101 cm³/mol. The van der Waals surface area contributed by atoms with Crippen molar-refractivity contribution in [3.63, 3.8) is 0 Å². The molecule has 2 aromatic rings. The van der Waals surface area contributed by atoms with Crippen LogP contribution in [0.2, 0.25) is 0 Å². The Kier molecular flexibility index (Phi) is 5.84. The quantitative estimate of drug-likeness (QED) is 0.747. The van der Waals surface area contributed by atoms with E-state index < -0.39 is 0 Å². The number of nitrogens with zero attached hydrogens (tertiary/aromatic N) is 2. The Hall–Kier alpha value is -2.05. The minimum Gasteiger partial charge on any atom is -0.337 e. The van der Waals surface area contributed by atoms with Crippen molar-refractivity contribution in [3.05, 3.63) is 57.5 Å². The molecule has 26 heavy (non-hydrogen) atoms. The fraction of sp³-hybridized carbons (Fsp3) is 0.400. The van der Waals surface area contributed by atoms with Crippen LogP contribution in [0, 0.1) is 5.82 Å². The second kappa shape index (κ2) is 8.10. The molecule has 1 fully saturated rings. The summed E-state index contributed by atoms with van der Waals surface area (Å²) in [5, 5.41) is 0. The number of benzene rings is 1. The maximum Gasteiger partial charge on any atom is 0.263 e. The minimum absolute atomic E-state index is 0.0227. The lowest BCUT2D eigenvalue weighted by Crippen LogP contribution is -2.48. The second-order valence-electron chi connectivity index (χ2n) is 6.76. The van der Waals surface area contributed by atoms with Gasteiger partial charge in [-0.05, 0) is 44.5 Å². The molecule has 1 aliphatic rings. The molecule has 1 aromatic carbocycles. The lowest BCUT2D eigenvalue weighted by atomic mass is 10.0. The monoisotopic (exact) mass is 374 g/mol. The standard InChI is InChI=1S/C20H23FN2O2S/c1-14(24)18-9-10-19(26-18)20(25)22(2)16-7-5-11-23(13-16)12-15-6-3-4-8-17(15)21/h3-4,6,8-10,16H,5,7,11-13H2,1-2H3/t16-/m1/s1. The first kappa shape index (κ1) is 18.7. The molecule has 0 bridgehead atoms. The normalized spacial score (nSPS) is 17.9. The van der Waals surface area contributed by atoms with E-state index in [2.05, 4.69) is 4.90 Å². The third-order valence-corrected chi connectivity index (χ3v) is 6.04. The van der Waals surface area contributed by atoms with Gasteiger partial charge < -0.3 is 4.90 Å². The van der Waals surface area contributed by atoms with Crippen LogP contribution in [0.15, 0.2) is 36.4 Å². The third-order valence-electron chi connectivity index (χ3n) is 4.86. The summed E-state index contributed by atoms with van der Waals surface area (Å²) in [6, 6.07) is 10.4. The predicted octanol–water partition coefficient (Wildman–Crippen LogP) is 3.83. The average Bonchev–Trinajstić information content (AvgIpc) is 3.13. The summed E-state index contributed by atoms with van der Waals surface area (Å²) in [4.78, 5) is 29.3. The number of likely N-dealkylation sites (tertiary alicyclic amines) is 1. The van der Waals surface area contributed by atoms with Gasteiger partial charge in [-0.25, -0.2) is 4.39 Å². The largest absolute Gasteiger partial charge is 0.337 e. The van der Waals surface area contributed by atoms with Crippen molar-refractivity contribution in [3.8, 4) is 0 Å².